The molecule has 1 N–H and O–H groups in total. The molecule has 0 atom stereocenters. The minimum absolute atomic E-state index is 0.132. The molecule has 6 heteroatoms. The van der Waals surface area contributed by atoms with E-state index >= 15 is 0 Å². The number of hydrogen-bond donors (Lipinski definition) is 1. The van der Waals surface area contributed by atoms with Crippen molar-refractivity contribution in [1.29, 1.82) is 0 Å². The van der Waals surface area contributed by atoms with E-state index in [1.165, 1.54) is 0 Å². The predicted molar refractivity (Wildman–Crippen MR) is 31.9 cm³/mol. The molecule has 0 radical (unpaired) electrons. The summed E-state index contributed by atoms with van der Waals surface area (Å²) >= 11 is 0. The second-order valence-electron chi connectivity index (χ2n) is 1.16. The SMILES string of the molecule is CC(=O)O.CCO[N+](=O)[O-]. The molecule has 60 valence electrons. The Bertz CT molecular complexity index is 108. The van der Waals surface area contributed by atoms with Crippen molar-refractivity contribution in [2.75, 3.05) is 6.61 Å². The molecular weight excluding hydrogens is 142 g/mol. The number of carboxylic acid groups (broad SMARTS) is 1. The van der Waals surface area contributed by atoms with Crippen molar-refractivity contribution in [3.05, 3.63) is 10.1 Å². The van der Waals surface area contributed by atoms with Gasteiger partial charge in [-0.3, -0.25) is 4.79 Å². The smallest absolute Gasteiger partial charge is 0.300 e. The van der Waals surface area contributed by atoms with Crippen molar-refractivity contribution in [1.82, 2.24) is 0 Å². The summed E-state index contributed by atoms with van der Waals surface area (Å²) in [4.78, 5) is 21.9. The molecule has 0 heterocycles. The highest BCUT2D eigenvalue weighted by atomic mass is 16.9. The summed E-state index contributed by atoms with van der Waals surface area (Å²) < 4.78 is 0. The first-order chi connectivity index (χ1) is 4.50. The van der Waals surface area contributed by atoms with E-state index < -0.39 is 11.1 Å². The van der Waals surface area contributed by atoms with Gasteiger partial charge < -0.3 is 9.94 Å². The van der Waals surface area contributed by atoms with Gasteiger partial charge in [-0.2, -0.15) is 0 Å². The van der Waals surface area contributed by atoms with Gasteiger partial charge in [0.25, 0.3) is 11.1 Å². The summed E-state index contributed by atoms with van der Waals surface area (Å²) in [6, 6.07) is 0. The molecule has 0 saturated carbocycles. The number of aliphatic carboxylic acids is 1. The fourth-order valence-electron chi connectivity index (χ4n) is 0.105. The van der Waals surface area contributed by atoms with Gasteiger partial charge >= 0.3 is 0 Å². The van der Waals surface area contributed by atoms with E-state index in [-0.39, 0.29) is 6.61 Å². The van der Waals surface area contributed by atoms with Crippen molar-refractivity contribution in [2.45, 2.75) is 13.8 Å². The molecule has 0 rings (SSSR count). The van der Waals surface area contributed by atoms with Gasteiger partial charge in [-0.25, -0.2) is 0 Å². The van der Waals surface area contributed by atoms with E-state index in [1.807, 2.05) is 0 Å². The number of nitrogens with zero attached hydrogens (tertiary/aromatic N) is 1. The fourth-order valence-corrected chi connectivity index (χ4v) is 0.105. The third-order valence-corrected chi connectivity index (χ3v) is 0.235. The third-order valence-electron chi connectivity index (χ3n) is 0.235. The van der Waals surface area contributed by atoms with Gasteiger partial charge in [0.2, 0.25) is 0 Å². The zero-order valence-corrected chi connectivity index (χ0v) is 5.73. The molecule has 0 aromatic rings. The Hall–Kier alpha value is -1.33. The third kappa shape index (κ3) is 76.9. The Balaban J connectivity index is 0. The zero-order chi connectivity index (χ0) is 8.57. The van der Waals surface area contributed by atoms with E-state index in [0.717, 1.165) is 6.92 Å². The highest BCUT2D eigenvalue weighted by molar-refractivity contribution is 5.62. The topological polar surface area (TPSA) is 89.7 Å². The molecule has 0 saturated heterocycles. The maximum Gasteiger partial charge on any atom is 0.300 e. The highest BCUT2D eigenvalue weighted by Crippen LogP contribution is 1.67. The van der Waals surface area contributed by atoms with Crippen molar-refractivity contribution < 1.29 is 19.8 Å². The van der Waals surface area contributed by atoms with Crippen LogP contribution in [0.2, 0.25) is 0 Å². The molecule has 0 aliphatic rings. The molecule has 6 nitrogen and oxygen atoms in total. The maximum absolute atomic E-state index is 9.18. The van der Waals surface area contributed by atoms with Crippen LogP contribution in [0.1, 0.15) is 13.8 Å². The molecule has 0 fully saturated rings. The molecule has 0 aliphatic heterocycles. The molecule has 0 bridgehead atoms. The van der Waals surface area contributed by atoms with Crippen molar-refractivity contribution in [2.24, 2.45) is 0 Å². The summed E-state index contributed by atoms with van der Waals surface area (Å²) in [6.07, 6.45) is 0. The lowest BCUT2D eigenvalue weighted by Gasteiger charge is -1.83. The van der Waals surface area contributed by atoms with Gasteiger partial charge in [-0.1, -0.05) is 0 Å². The van der Waals surface area contributed by atoms with Gasteiger partial charge in [0.15, 0.2) is 0 Å². The summed E-state index contributed by atoms with van der Waals surface area (Å²) in [6.45, 7) is 2.77. The van der Waals surface area contributed by atoms with Crippen LogP contribution in [-0.2, 0) is 9.63 Å². The van der Waals surface area contributed by atoms with Crippen LogP contribution in [0, 0.1) is 10.1 Å². The zero-order valence-electron chi connectivity index (χ0n) is 5.73. The Morgan fingerprint density at radius 3 is 2.10 bits per heavy atom. The Morgan fingerprint density at radius 2 is 2.10 bits per heavy atom. The maximum atomic E-state index is 9.18. The second kappa shape index (κ2) is 7.67. The lowest BCUT2D eigenvalue weighted by molar-refractivity contribution is -0.756. The molecule has 0 amide bonds. The van der Waals surface area contributed by atoms with Crippen LogP contribution in [-0.4, -0.2) is 22.8 Å². The molecule has 0 unspecified atom stereocenters. The van der Waals surface area contributed by atoms with Crippen LogP contribution >= 0.6 is 0 Å². The highest BCUT2D eigenvalue weighted by Gasteiger charge is 1.83. The number of carbonyl (C=O) groups is 1. The molecule has 0 spiro atoms. The average Bonchev–Trinajstić information content (AvgIpc) is 1.62. The summed E-state index contributed by atoms with van der Waals surface area (Å²) in [7, 11) is 0. The monoisotopic (exact) mass is 151 g/mol. The first-order valence-corrected chi connectivity index (χ1v) is 2.47. The predicted octanol–water partition coefficient (Wildman–Crippen LogP) is 0.305. The molecule has 0 aromatic carbocycles. The lowest BCUT2D eigenvalue weighted by Crippen LogP contribution is -1.97. The number of carboxylic acids is 1. The van der Waals surface area contributed by atoms with Crippen LogP contribution in [0.25, 0.3) is 0 Å². The van der Waals surface area contributed by atoms with Crippen molar-refractivity contribution in [3.8, 4) is 0 Å². The van der Waals surface area contributed by atoms with Gasteiger partial charge in [0.1, 0.15) is 0 Å². The van der Waals surface area contributed by atoms with Crippen LogP contribution in [0.5, 0.6) is 0 Å². The van der Waals surface area contributed by atoms with Gasteiger partial charge in [-0.15, -0.1) is 10.1 Å². The Labute approximate surface area is 57.5 Å². The number of hydrogen-bond acceptors (Lipinski definition) is 4. The van der Waals surface area contributed by atoms with Crippen LogP contribution < -0.4 is 0 Å². The molecule has 10 heavy (non-hydrogen) atoms. The quantitative estimate of drug-likeness (QED) is 0.453. The lowest BCUT2D eigenvalue weighted by atomic mass is 10.9. The Kier molecular flexibility index (Phi) is 8.79. The second-order valence-corrected chi connectivity index (χ2v) is 1.16. The fraction of sp³-hybridized carbons (Fsp3) is 0.750. The van der Waals surface area contributed by atoms with Crippen LogP contribution in [0.3, 0.4) is 0 Å². The largest absolute Gasteiger partial charge is 0.481 e. The van der Waals surface area contributed by atoms with E-state index in [9.17, 15) is 10.1 Å². The van der Waals surface area contributed by atoms with Crippen molar-refractivity contribution in [3.63, 3.8) is 0 Å². The molecular formula is C4H9NO5. The first-order valence-electron chi connectivity index (χ1n) is 2.47. The van der Waals surface area contributed by atoms with Gasteiger partial charge in [0, 0.05) is 6.92 Å². The summed E-state index contributed by atoms with van der Waals surface area (Å²) in [5, 5.41) is 15.8. The first kappa shape index (κ1) is 11.5. The van der Waals surface area contributed by atoms with E-state index in [2.05, 4.69) is 4.84 Å². The standard InChI is InChI=1S/C2H5NO3.C2H4O2/c1-2-6-3(4)5;1-2(3)4/h2H2,1H3;1H3,(H,3,4). The summed E-state index contributed by atoms with van der Waals surface area (Å²) in [5.41, 5.74) is 0. The molecule has 0 aliphatic carbocycles. The minimum atomic E-state index is -0.833. The van der Waals surface area contributed by atoms with Gasteiger partial charge in [0.05, 0.1) is 6.61 Å². The van der Waals surface area contributed by atoms with Crippen LogP contribution in [0.15, 0.2) is 0 Å². The Morgan fingerprint density at radius 1 is 1.80 bits per heavy atom. The van der Waals surface area contributed by atoms with Crippen molar-refractivity contribution >= 4 is 5.97 Å². The average molecular weight is 151 g/mol. The van der Waals surface area contributed by atoms with E-state index in [4.69, 9.17) is 9.90 Å². The van der Waals surface area contributed by atoms with E-state index in [1.54, 1.807) is 6.92 Å². The number of rotatable bonds is 2. The van der Waals surface area contributed by atoms with Crippen LogP contribution in [0.4, 0.5) is 0 Å². The van der Waals surface area contributed by atoms with E-state index in [0.29, 0.717) is 0 Å². The minimum Gasteiger partial charge on any atom is -0.481 e. The molecule has 0 aromatic heterocycles. The summed E-state index contributed by atoms with van der Waals surface area (Å²) in [5.74, 6) is -0.833. The van der Waals surface area contributed by atoms with Gasteiger partial charge in [-0.05, 0) is 6.92 Å². The normalized spacial score (nSPS) is 7.00.